The minimum absolute atomic E-state index is 0. The van der Waals surface area contributed by atoms with Gasteiger partial charge in [0.15, 0.2) is 5.13 Å². The Morgan fingerprint density at radius 1 is 0.966 bits per heavy atom. The first kappa shape index (κ1) is 21.7. The van der Waals surface area contributed by atoms with Gasteiger partial charge >= 0.3 is 0 Å². The molecule has 1 aliphatic rings. The monoisotopic (exact) mass is 478 g/mol. The molecule has 1 aliphatic heterocycles. The minimum Gasteiger partial charge on any atom is -0.495 e. The van der Waals surface area contributed by atoms with Crippen LogP contribution in [0.1, 0.15) is 0 Å². The van der Waals surface area contributed by atoms with Gasteiger partial charge in [-0.25, -0.2) is 4.98 Å². The first-order valence-electron chi connectivity index (χ1n) is 9.56. The normalized spacial score (nSPS) is 14.5. The van der Waals surface area contributed by atoms with Gasteiger partial charge < -0.3 is 19.7 Å². The maximum Gasteiger partial charge on any atom is 0.183 e. The summed E-state index contributed by atoms with van der Waals surface area (Å²) in [6.45, 7) is 6.02. The number of hydrogen-bond donors (Lipinski definition) is 1. The zero-order valence-corrected chi connectivity index (χ0v) is 19.3. The Balaban J connectivity index is 0.00000240. The molecule has 1 N–H and O–H groups in total. The van der Waals surface area contributed by atoms with Crippen molar-refractivity contribution in [3.63, 3.8) is 0 Å². The van der Waals surface area contributed by atoms with Crippen LogP contribution >= 0.6 is 28.3 Å². The standard InChI is InChI=1S/C21H26N4O2S.BrH/c1-26-17-7-4-3-6-16(17)25-14-12-24(13-15-25)11-10-22-21-23-20-18(27-2)8-5-9-19(20)28-21;/h3-9H,10-15H2,1-2H3,(H,22,23);1H. The van der Waals surface area contributed by atoms with Crippen LogP contribution < -0.4 is 19.7 Å². The number of fused-ring (bicyclic) bond motifs is 1. The largest absolute Gasteiger partial charge is 0.495 e. The molecule has 29 heavy (non-hydrogen) atoms. The van der Waals surface area contributed by atoms with Crippen molar-refractivity contribution >= 4 is 49.4 Å². The van der Waals surface area contributed by atoms with Crippen LogP contribution in [0.2, 0.25) is 0 Å². The number of nitrogens with zero attached hydrogens (tertiary/aromatic N) is 3. The Kier molecular flexibility index (Phi) is 7.57. The van der Waals surface area contributed by atoms with E-state index in [1.807, 2.05) is 24.3 Å². The van der Waals surface area contributed by atoms with Crippen molar-refractivity contribution in [1.82, 2.24) is 9.88 Å². The van der Waals surface area contributed by atoms with E-state index in [1.54, 1.807) is 25.6 Å². The lowest BCUT2D eigenvalue weighted by molar-refractivity contribution is 0.266. The summed E-state index contributed by atoms with van der Waals surface area (Å²) in [4.78, 5) is 9.58. The predicted molar refractivity (Wildman–Crippen MR) is 127 cm³/mol. The number of methoxy groups -OCH3 is 2. The summed E-state index contributed by atoms with van der Waals surface area (Å²) in [5.74, 6) is 1.78. The molecule has 0 unspecified atom stereocenters. The predicted octanol–water partition coefficient (Wildman–Crippen LogP) is 4.13. The van der Waals surface area contributed by atoms with E-state index in [9.17, 15) is 0 Å². The summed E-state index contributed by atoms with van der Waals surface area (Å²) < 4.78 is 12.0. The van der Waals surface area contributed by atoms with Crippen LogP contribution in [0.3, 0.4) is 0 Å². The van der Waals surface area contributed by atoms with Gasteiger partial charge in [0, 0.05) is 39.3 Å². The minimum atomic E-state index is 0. The molecule has 2 aromatic carbocycles. The highest BCUT2D eigenvalue weighted by molar-refractivity contribution is 8.93. The maximum absolute atomic E-state index is 5.50. The molecule has 4 rings (SSSR count). The van der Waals surface area contributed by atoms with Gasteiger partial charge in [-0.1, -0.05) is 29.5 Å². The van der Waals surface area contributed by atoms with Crippen LogP contribution in [-0.2, 0) is 0 Å². The number of halogens is 1. The number of nitrogens with one attached hydrogen (secondary N) is 1. The van der Waals surface area contributed by atoms with Crippen LogP contribution in [0.15, 0.2) is 42.5 Å². The molecule has 0 radical (unpaired) electrons. The number of hydrogen-bond acceptors (Lipinski definition) is 7. The number of para-hydroxylation sites is 3. The summed E-state index contributed by atoms with van der Waals surface area (Å²) in [6, 6.07) is 14.3. The van der Waals surface area contributed by atoms with E-state index in [4.69, 9.17) is 9.47 Å². The van der Waals surface area contributed by atoms with Gasteiger partial charge in [-0.15, -0.1) is 17.0 Å². The fourth-order valence-electron chi connectivity index (χ4n) is 3.59. The Morgan fingerprint density at radius 2 is 1.69 bits per heavy atom. The summed E-state index contributed by atoms with van der Waals surface area (Å²) in [6.07, 6.45) is 0. The average molecular weight is 479 g/mol. The topological polar surface area (TPSA) is 49.9 Å². The Hall–Kier alpha value is -2.03. The highest BCUT2D eigenvalue weighted by atomic mass is 79.9. The Morgan fingerprint density at radius 3 is 2.45 bits per heavy atom. The lowest BCUT2D eigenvalue weighted by Gasteiger charge is -2.36. The maximum atomic E-state index is 5.50. The lowest BCUT2D eigenvalue weighted by Crippen LogP contribution is -2.47. The molecule has 0 aliphatic carbocycles. The number of benzene rings is 2. The van der Waals surface area contributed by atoms with Gasteiger partial charge in [0.1, 0.15) is 17.0 Å². The third-order valence-corrected chi connectivity index (χ3v) is 6.08. The van der Waals surface area contributed by atoms with Gasteiger partial charge in [-0.2, -0.15) is 0 Å². The van der Waals surface area contributed by atoms with Crippen molar-refractivity contribution < 1.29 is 9.47 Å². The number of piperazine rings is 1. The molecule has 156 valence electrons. The smallest absolute Gasteiger partial charge is 0.183 e. The van der Waals surface area contributed by atoms with Crippen molar-refractivity contribution in [3.8, 4) is 11.5 Å². The molecule has 0 saturated carbocycles. The Labute approximate surface area is 186 Å². The van der Waals surface area contributed by atoms with Gasteiger partial charge in [-0.05, 0) is 24.3 Å². The molecule has 1 aromatic heterocycles. The van der Waals surface area contributed by atoms with Crippen LogP contribution in [0.5, 0.6) is 11.5 Å². The van der Waals surface area contributed by atoms with Crippen LogP contribution in [-0.4, -0.2) is 63.4 Å². The van der Waals surface area contributed by atoms with E-state index in [0.717, 1.165) is 66.1 Å². The summed E-state index contributed by atoms with van der Waals surface area (Å²) in [5.41, 5.74) is 2.12. The zero-order valence-electron chi connectivity index (χ0n) is 16.8. The fourth-order valence-corrected chi connectivity index (χ4v) is 4.50. The van der Waals surface area contributed by atoms with Gasteiger partial charge in [0.2, 0.25) is 0 Å². The molecule has 8 heteroatoms. The van der Waals surface area contributed by atoms with E-state index in [2.05, 4.69) is 38.3 Å². The summed E-state index contributed by atoms with van der Waals surface area (Å²) in [7, 11) is 3.42. The van der Waals surface area contributed by atoms with Crippen molar-refractivity contribution in [2.75, 3.05) is 63.7 Å². The summed E-state index contributed by atoms with van der Waals surface area (Å²) in [5, 5.41) is 4.42. The van der Waals surface area contributed by atoms with Crippen LogP contribution in [0.4, 0.5) is 10.8 Å². The molecule has 0 amide bonds. The van der Waals surface area contributed by atoms with E-state index in [1.165, 1.54) is 5.69 Å². The summed E-state index contributed by atoms with van der Waals surface area (Å²) >= 11 is 1.67. The molecule has 3 aromatic rings. The fraction of sp³-hybridized carbons (Fsp3) is 0.381. The number of ether oxygens (including phenoxy) is 2. The SMILES string of the molecule is Br.COc1ccccc1N1CCN(CCNc2nc3c(OC)cccc3s2)CC1. The van der Waals surface area contributed by atoms with Crippen molar-refractivity contribution in [3.05, 3.63) is 42.5 Å². The van der Waals surface area contributed by atoms with E-state index < -0.39 is 0 Å². The van der Waals surface area contributed by atoms with Crippen molar-refractivity contribution in [2.45, 2.75) is 0 Å². The molecule has 0 bridgehead atoms. The average Bonchev–Trinajstić information content (AvgIpc) is 3.17. The third kappa shape index (κ3) is 4.94. The van der Waals surface area contributed by atoms with Crippen LogP contribution in [0.25, 0.3) is 10.2 Å². The number of anilines is 2. The molecule has 1 fully saturated rings. The number of aromatic nitrogens is 1. The molecule has 2 heterocycles. The second-order valence-electron chi connectivity index (χ2n) is 6.75. The number of thiazole rings is 1. The second-order valence-corrected chi connectivity index (χ2v) is 7.78. The zero-order chi connectivity index (χ0) is 19.3. The number of rotatable bonds is 7. The first-order valence-corrected chi connectivity index (χ1v) is 10.4. The van der Waals surface area contributed by atoms with Gasteiger partial charge in [0.25, 0.3) is 0 Å². The van der Waals surface area contributed by atoms with Gasteiger partial charge in [0.05, 0.1) is 24.6 Å². The van der Waals surface area contributed by atoms with E-state index in [-0.39, 0.29) is 17.0 Å². The Bertz CT molecular complexity index is 928. The third-order valence-electron chi connectivity index (χ3n) is 5.10. The highest BCUT2D eigenvalue weighted by Crippen LogP contribution is 2.32. The van der Waals surface area contributed by atoms with Crippen LogP contribution in [0, 0.1) is 0 Å². The molecule has 1 saturated heterocycles. The molecular weight excluding hydrogens is 452 g/mol. The van der Waals surface area contributed by atoms with Crippen molar-refractivity contribution in [2.24, 2.45) is 0 Å². The molecule has 6 nitrogen and oxygen atoms in total. The molecular formula is C21H27BrN4O2S. The quantitative estimate of drug-likeness (QED) is 0.550. The molecule has 0 spiro atoms. The molecule has 0 atom stereocenters. The van der Waals surface area contributed by atoms with Gasteiger partial charge in [-0.3, -0.25) is 4.90 Å². The first-order chi connectivity index (χ1) is 13.8. The highest BCUT2D eigenvalue weighted by Gasteiger charge is 2.19. The van der Waals surface area contributed by atoms with E-state index >= 15 is 0 Å². The van der Waals surface area contributed by atoms with Crippen molar-refractivity contribution in [1.29, 1.82) is 0 Å². The lowest BCUT2D eigenvalue weighted by atomic mass is 10.2. The second kappa shape index (κ2) is 10.1. The van der Waals surface area contributed by atoms with E-state index in [0.29, 0.717) is 0 Å².